The van der Waals surface area contributed by atoms with E-state index < -0.39 is 6.17 Å². The molecule has 0 amide bonds. The molecule has 0 aliphatic heterocycles. The van der Waals surface area contributed by atoms with E-state index in [0.717, 1.165) is 38.5 Å². The number of hydrogen-bond donors (Lipinski definition) is 0. The van der Waals surface area contributed by atoms with Gasteiger partial charge in [0.1, 0.15) is 6.17 Å². The van der Waals surface area contributed by atoms with Gasteiger partial charge in [-0.2, -0.15) is 0 Å². The molecule has 0 aromatic rings. The summed E-state index contributed by atoms with van der Waals surface area (Å²) in [5.41, 5.74) is 0. The summed E-state index contributed by atoms with van der Waals surface area (Å²) in [5, 5.41) is -0.352. The third-order valence-electron chi connectivity index (χ3n) is 4.26. The van der Waals surface area contributed by atoms with Gasteiger partial charge >= 0.3 is 0 Å². The van der Waals surface area contributed by atoms with E-state index in [-0.39, 0.29) is 16.1 Å². The molecule has 0 aromatic heterocycles. The minimum atomic E-state index is -0.848. The van der Waals surface area contributed by atoms with E-state index in [1.165, 1.54) is 0 Å². The van der Waals surface area contributed by atoms with Crippen molar-refractivity contribution in [2.75, 3.05) is 0 Å². The molecular formula is C12H18BBrClF. The first kappa shape index (κ1) is 13.2. The van der Waals surface area contributed by atoms with Gasteiger partial charge in [0, 0.05) is 4.83 Å². The zero-order valence-electron chi connectivity index (χ0n) is 9.42. The lowest BCUT2D eigenvalue weighted by Crippen LogP contribution is -2.41. The molecular weight excluding hydrogens is 289 g/mol. The van der Waals surface area contributed by atoms with Crippen LogP contribution in [0.1, 0.15) is 38.5 Å². The van der Waals surface area contributed by atoms with Crippen molar-refractivity contribution >= 4 is 35.4 Å². The molecule has 2 saturated carbocycles. The second kappa shape index (κ2) is 5.60. The Kier molecular flexibility index (Phi) is 4.62. The summed E-state index contributed by atoms with van der Waals surface area (Å²) in [6.45, 7) is 0. The molecule has 0 nitrogen and oxygen atoms in total. The van der Waals surface area contributed by atoms with Crippen LogP contribution in [-0.4, -0.2) is 24.2 Å². The van der Waals surface area contributed by atoms with Crippen molar-refractivity contribution in [3.05, 3.63) is 0 Å². The minimum Gasteiger partial charge on any atom is -0.246 e. The molecule has 90 valence electrons. The largest absolute Gasteiger partial charge is 0.246 e. The standard InChI is InChI=1S/C12H18BBrClF/c13-8-3-1-7(2-4-8)9-5-6-10(14)11(15)12(9)16/h7-12H,1-6H2. The van der Waals surface area contributed by atoms with Crippen LogP contribution in [-0.2, 0) is 0 Å². The Morgan fingerprint density at radius 3 is 2.31 bits per heavy atom. The molecule has 0 heterocycles. The summed E-state index contributed by atoms with van der Waals surface area (Å²) >= 11 is 9.58. The van der Waals surface area contributed by atoms with Gasteiger partial charge in [0.2, 0.25) is 0 Å². The predicted molar refractivity (Wildman–Crippen MR) is 71.4 cm³/mol. The Bertz CT molecular complexity index is 233. The zero-order chi connectivity index (χ0) is 11.7. The lowest BCUT2D eigenvalue weighted by molar-refractivity contribution is 0.0989. The maximum Gasteiger partial charge on any atom is 0.121 e. The van der Waals surface area contributed by atoms with E-state index in [1.807, 2.05) is 0 Å². The summed E-state index contributed by atoms with van der Waals surface area (Å²) in [6.07, 6.45) is 5.41. The molecule has 2 rings (SSSR count). The fourth-order valence-electron chi connectivity index (χ4n) is 3.17. The van der Waals surface area contributed by atoms with Crippen molar-refractivity contribution < 1.29 is 4.39 Å². The molecule has 0 aromatic carbocycles. The van der Waals surface area contributed by atoms with Crippen LogP contribution in [0, 0.1) is 11.8 Å². The molecule has 16 heavy (non-hydrogen) atoms. The zero-order valence-corrected chi connectivity index (χ0v) is 11.8. The maximum atomic E-state index is 14.2. The average Bonchev–Trinajstić information content (AvgIpc) is 2.28. The van der Waals surface area contributed by atoms with E-state index in [9.17, 15) is 4.39 Å². The molecule has 2 radical (unpaired) electrons. The molecule has 4 atom stereocenters. The molecule has 4 heteroatoms. The normalized spacial score (nSPS) is 50.2. The molecule has 0 N–H and O–H groups in total. The third kappa shape index (κ3) is 2.77. The monoisotopic (exact) mass is 306 g/mol. The van der Waals surface area contributed by atoms with Gasteiger partial charge in [-0.15, -0.1) is 11.6 Å². The van der Waals surface area contributed by atoms with Crippen LogP contribution in [0.25, 0.3) is 0 Å². The van der Waals surface area contributed by atoms with Crippen LogP contribution < -0.4 is 0 Å². The van der Waals surface area contributed by atoms with Gasteiger partial charge in [-0.25, -0.2) is 4.39 Å². The summed E-state index contributed by atoms with van der Waals surface area (Å²) in [6, 6.07) is 0. The highest BCUT2D eigenvalue weighted by Crippen LogP contribution is 2.44. The topological polar surface area (TPSA) is 0 Å². The summed E-state index contributed by atoms with van der Waals surface area (Å²) in [7, 11) is 5.88. The van der Waals surface area contributed by atoms with Crippen LogP contribution in [0.2, 0.25) is 5.82 Å². The van der Waals surface area contributed by atoms with Gasteiger partial charge in [-0.05, 0) is 24.7 Å². The molecule has 2 aliphatic carbocycles. The van der Waals surface area contributed by atoms with E-state index in [2.05, 4.69) is 15.9 Å². The van der Waals surface area contributed by atoms with Crippen molar-refractivity contribution in [2.24, 2.45) is 11.8 Å². The van der Waals surface area contributed by atoms with Gasteiger partial charge in [-0.1, -0.05) is 47.4 Å². The number of halogens is 3. The number of alkyl halides is 3. The van der Waals surface area contributed by atoms with Gasteiger partial charge in [-0.3, -0.25) is 0 Å². The Labute approximate surface area is 112 Å². The Morgan fingerprint density at radius 1 is 1.06 bits per heavy atom. The van der Waals surface area contributed by atoms with Crippen molar-refractivity contribution in [3.63, 3.8) is 0 Å². The van der Waals surface area contributed by atoms with Crippen LogP contribution in [0.4, 0.5) is 4.39 Å². The molecule has 0 saturated heterocycles. The molecule has 2 fully saturated rings. The molecule has 2 aliphatic rings. The van der Waals surface area contributed by atoms with Crippen LogP contribution in [0.5, 0.6) is 0 Å². The smallest absolute Gasteiger partial charge is 0.121 e. The third-order valence-corrected chi connectivity index (χ3v) is 6.13. The summed E-state index contributed by atoms with van der Waals surface area (Å²) in [4.78, 5) is 0.145. The van der Waals surface area contributed by atoms with E-state index in [0.29, 0.717) is 11.7 Å². The first-order valence-corrected chi connectivity index (χ1v) is 7.62. The first-order valence-electron chi connectivity index (χ1n) is 6.27. The highest BCUT2D eigenvalue weighted by Gasteiger charge is 2.41. The van der Waals surface area contributed by atoms with Crippen molar-refractivity contribution in [1.82, 2.24) is 0 Å². The van der Waals surface area contributed by atoms with Crippen molar-refractivity contribution in [3.8, 4) is 0 Å². The fraction of sp³-hybridized carbons (Fsp3) is 1.00. The first-order chi connectivity index (χ1) is 7.59. The quantitative estimate of drug-likeness (QED) is 0.502. The summed E-state index contributed by atoms with van der Waals surface area (Å²) < 4.78 is 14.2. The second-order valence-electron chi connectivity index (χ2n) is 5.32. The number of rotatable bonds is 1. The Balaban J connectivity index is 1.94. The number of hydrogen-bond acceptors (Lipinski definition) is 0. The second-order valence-corrected chi connectivity index (χ2v) is 7.00. The van der Waals surface area contributed by atoms with Crippen molar-refractivity contribution in [1.29, 1.82) is 0 Å². The fourth-order valence-corrected chi connectivity index (χ4v) is 4.04. The SMILES string of the molecule is [B]C1CCC(C2CCC(Br)C(Cl)C2F)CC1. The van der Waals surface area contributed by atoms with Crippen molar-refractivity contribution in [2.45, 2.75) is 60.7 Å². The Morgan fingerprint density at radius 2 is 1.69 bits per heavy atom. The molecule has 0 bridgehead atoms. The maximum absolute atomic E-state index is 14.2. The van der Waals surface area contributed by atoms with E-state index in [1.54, 1.807) is 0 Å². The molecule has 0 spiro atoms. The Hall–Kier alpha value is 0.765. The van der Waals surface area contributed by atoms with E-state index >= 15 is 0 Å². The van der Waals surface area contributed by atoms with Gasteiger partial charge in [0.15, 0.2) is 0 Å². The molecule has 4 unspecified atom stereocenters. The highest BCUT2D eigenvalue weighted by atomic mass is 79.9. The predicted octanol–water partition coefficient (Wildman–Crippen LogP) is 4.25. The van der Waals surface area contributed by atoms with Crippen LogP contribution in [0.15, 0.2) is 0 Å². The van der Waals surface area contributed by atoms with Crippen LogP contribution >= 0.6 is 27.5 Å². The van der Waals surface area contributed by atoms with Crippen LogP contribution in [0.3, 0.4) is 0 Å². The lowest BCUT2D eigenvalue weighted by Gasteiger charge is -2.40. The minimum absolute atomic E-state index is 0.145. The summed E-state index contributed by atoms with van der Waals surface area (Å²) in [5.74, 6) is 1.02. The van der Waals surface area contributed by atoms with Gasteiger partial charge < -0.3 is 0 Å². The van der Waals surface area contributed by atoms with Gasteiger partial charge in [0.05, 0.1) is 13.2 Å². The van der Waals surface area contributed by atoms with E-state index in [4.69, 9.17) is 19.4 Å². The van der Waals surface area contributed by atoms with Gasteiger partial charge in [0.25, 0.3) is 0 Å². The lowest BCUT2D eigenvalue weighted by atomic mass is 9.66. The average molecular weight is 307 g/mol. The highest BCUT2D eigenvalue weighted by molar-refractivity contribution is 9.09.